The van der Waals surface area contributed by atoms with Crippen LogP contribution in [0.25, 0.3) is 16.9 Å². The molecule has 3 heteroatoms. The van der Waals surface area contributed by atoms with Crippen LogP contribution in [0.1, 0.15) is 28.9 Å². The zero-order chi connectivity index (χ0) is 15.8. The molecule has 0 atom stereocenters. The van der Waals surface area contributed by atoms with Crippen molar-refractivity contribution in [3.05, 3.63) is 76.4 Å². The van der Waals surface area contributed by atoms with E-state index in [4.69, 9.17) is 0 Å². The Morgan fingerprint density at radius 2 is 1.65 bits per heavy atom. The van der Waals surface area contributed by atoms with Gasteiger partial charge in [0.05, 0.1) is 5.69 Å². The maximum atomic E-state index is 12.3. The van der Waals surface area contributed by atoms with Crippen LogP contribution in [0.15, 0.2) is 65.1 Å². The van der Waals surface area contributed by atoms with Gasteiger partial charge in [-0.2, -0.15) is 0 Å². The van der Waals surface area contributed by atoms with E-state index in [0.717, 1.165) is 45.5 Å². The zero-order valence-electron chi connectivity index (χ0n) is 12.6. The standard InChI is InChI=1S/C20H16BrNO/c21-15-9-11-16(12-10-15)22-18-7-4-8-20(23)17(18)13-19(22)14-5-2-1-3-6-14/h1-3,5-6,9-13H,4,7-8H2. The lowest BCUT2D eigenvalue weighted by molar-refractivity contribution is 0.0972. The van der Waals surface area contributed by atoms with Crippen molar-refractivity contribution in [1.82, 2.24) is 4.57 Å². The number of benzene rings is 2. The molecule has 0 saturated carbocycles. The van der Waals surface area contributed by atoms with Crippen LogP contribution in [0, 0.1) is 0 Å². The summed E-state index contributed by atoms with van der Waals surface area (Å²) < 4.78 is 3.30. The molecule has 2 nitrogen and oxygen atoms in total. The number of Topliss-reactive ketones (excluding diaryl/α,β-unsaturated/α-hetero) is 1. The summed E-state index contributed by atoms with van der Waals surface area (Å²) in [5, 5.41) is 0. The number of hydrogen-bond donors (Lipinski definition) is 0. The molecule has 0 N–H and O–H groups in total. The highest BCUT2D eigenvalue weighted by molar-refractivity contribution is 9.10. The average molecular weight is 366 g/mol. The van der Waals surface area contributed by atoms with E-state index >= 15 is 0 Å². The van der Waals surface area contributed by atoms with Crippen molar-refractivity contribution in [1.29, 1.82) is 0 Å². The Bertz CT molecular complexity index is 863. The number of hydrogen-bond acceptors (Lipinski definition) is 1. The number of carbonyl (C=O) groups is 1. The summed E-state index contributed by atoms with van der Waals surface area (Å²) in [5.74, 6) is 0.263. The van der Waals surface area contributed by atoms with Crippen molar-refractivity contribution < 1.29 is 4.79 Å². The van der Waals surface area contributed by atoms with Crippen molar-refractivity contribution in [2.75, 3.05) is 0 Å². The minimum atomic E-state index is 0.263. The third-order valence-corrected chi connectivity index (χ3v) is 4.90. The van der Waals surface area contributed by atoms with Crippen LogP contribution in [0.5, 0.6) is 0 Å². The monoisotopic (exact) mass is 365 g/mol. The van der Waals surface area contributed by atoms with Gasteiger partial charge in [0.15, 0.2) is 5.78 Å². The van der Waals surface area contributed by atoms with Crippen molar-refractivity contribution >= 4 is 21.7 Å². The fourth-order valence-corrected chi connectivity index (χ4v) is 3.56. The molecule has 0 spiro atoms. The first-order chi connectivity index (χ1) is 11.2. The number of nitrogens with zero attached hydrogens (tertiary/aromatic N) is 1. The lowest BCUT2D eigenvalue weighted by Gasteiger charge is -2.17. The number of halogens is 1. The number of fused-ring (bicyclic) bond motifs is 1. The minimum absolute atomic E-state index is 0.263. The van der Waals surface area contributed by atoms with E-state index in [2.05, 4.69) is 50.8 Å². The fraction of sp³-hybridized carbons (Fsp3) is 0.150. The molecule has 2 aromatic carbocycles. The summed E-state index contributed by atoms with van der Waals surface area (Å²) >= 11 is 3.49. The fourth-order valence-electron chi connectivity index (χ4n) is 3.30. The molecule has 1 aliphatic carbocycles. The second-order valence-electron chi connectivity index (χ2n) is 5.84. The predicted molar refractivity (Wildman–Crippen MR) is 96.2 cm³/mol. The van der Waals surface area contributed by atoms with Gasteiger partial charge in [-0.25, -0.2) is 0 Å². The molecular weight excluding hydrogens is 350 g/mol. The maximum Gasteiger partial charge on any atom is 0.164 e. The normalized spacial score (nSPS) is 13.9. The van der Waals surface area contributed by atoms with E-state index in [1.165, 1.54) is 0 Å². The van der Waals surface area contributed by atoms with Gasteiger partial charge in [-0.1, -0.05) is 46.3 Å². The van der Waals surface area contributed by atoms with Crippen LogP contribution in [0.3, 0.4) is 0 Å². The van der Waals surface area contributed by atoms with Crippen LogP contribution < -0.4 is 0 Å². The molecular formula is C20H16BrNO. The van der Waals surface area contributed by atoms with E-state index in [0.29, 0.717) is 6.42 Å². The summed E-state index contributed by atoms with van der Waals surface area (Å²) in [5.41, 5.74) is 5.36. The highest BCUT2D eigenvalue weighted by atomic mass is 79.9. The lowest BCUT2D eigenvalue weighted by Crippen LogP contribution is -2.12. The Labute approximate surface area is 143 Å². The van der Waals surface area contributed by atoms with Gasteiger partial charge < -0.3 is 4.57 Å². The van der Waals surface area contributed by atoms with Crippen LogP contribution in [-0.4, -0.2) is 10.4 Å². The number of rotatable bonds is 2. The summed E-state index contributed by atoms with van der Waals surface area (Å²) in [6.45, 7) is 0. The predicted octanol–water partition coefficient (Wildman–Crippen LogP) is 5.43. The van der Waals surface area contributed by atoms with Crippen LogP contribution in [0.4, 0.5) is 0 Å². The SMILES string of the molecule is O=C1CCCc2c1cc(-c1ccccc1)n2-c1ccc(Br)cc1. The van der Waals surface area contributed by atoms with Crippen LogP contribution in [0.2, 0.25) is 0 Å². The van der Waals surface area contributed by atoms with Crippen molar-refractivity contribution in [2.45, 2.75) is 19.3 Å². The quantitative estimate of drug-likeness (QED) is 0.593. The Kier molecular flexibility index (Phi) is 3.66. The van der Waals surface area contributed by atoms with E-state index in [-0.39, 0.29) is 5.78 Å². The molecule has 3 aromatic rings. The number of aromatic nitrogens is 1. The Morgan fingerprint density at radius 1 is 0.913 bits per heavy atom. The molecule has 0 amide bonds. The molecule has 114 valence electrons. The average Bonchev–Trinajstić information content (AvgIpc) is 2.97. The summed E-state index contributed by atoms with van der Waals surface area (Å²) in [7, 11) is 0. The lowest BCUT2D eigenvalue weighted by atomic mass is 9.96. The highest BCUT2D eigenvalue weighted by Crippen LogP contribution is 2.34. The molecule has 1 heterocycles. The van der Waals surface area contributed by atoms with Gasteiger partial charge in [-0.3, -0.25) is 4.79 Å². The van der Waals surface area contributed by atoms with E-state index in [1.54, 1.807) is 0 Å². The van der Waals surface area contributed by atoms with E-state index in [9.17, 15) is 4.79 Å². The van der Waals surface area contributed by atoms with Crippen LogP contribution >= 0.6 is 15.9 Å². The second kappa shape index (κ2) is 5.82. The summed E-state index contributed by atoms with van der Waals surface area (Å²) in [6.07, 6.45) is 2.54. The smallest absolute Gasteiger partial charge is 0.164 e. The molecule has 4 rings (SSSR count). The third kappa shape index (κ3) is 2.55. The van der Waals surface area contributed by atoms with Gasteiger partial charge in [0.25, 0.3) is 0 Å². The summed E-state index contributed by atoms with van der Waals surface area (Å²) in [6, 6.07) is 20.6. The molecule has 1 aromatic heterocycles. The Morgan fingerprint density at radius 3 is 2.39 bits per heavy atom. The largest absolute Gasteiger partial charge is 0.313 e. The Balaban J connectivity index is 1.98. The first-order valence-electron chi connectivity index (χ1n) is 7.83. The van der Waals surface area contributed by atoms with E-state index < -0.39 is 0 Å². The molecule has 23 heavy (non-hydrogen) atoms. The molecule has 0 unspecified atom stereocenters. The Hall–Kier alpha value is -2.13. The number of carbonyl (C=O) groups excluding carboxylic acids is 1. The highest BCUT2D eigenvalue weighted by Gasteiger charge is 2.25. The molecule has 0 saturated heterocycles. The topological polar surface area (TPSA) is 22.0 Å². The van der Waals surface area contributed by atoms with Crippen molar-refractivity contribution in [3.63, 3.8) is 0 Å². The van der Waals surface area contributed by atoms with Gasteiger partial charge in [0, 0.05) is 27.8 Å². The minimum Gasteiger partial charge on any atom is -0.313 e. The molecule has 0 aliphatic heterocycles. The van der Waals surface area contributed by atoms with Gasteiger partial charge in [-0.15, -0.1) is 0 Å². The van der Waals surface area contributed by atoms with Crippen molar-refractivity contribution in [3.8, 4) is 16.9 Å². The first-order valence-corrected chi connectivity index (χ1v) is 8.62. The van der Waals surface area contributed by atoms with Gasteiger partial charge in [0.2, 0.25) is 0 Å². The second-order valence-corrected chi connectivity index (χ2v) is 6.76. The van der Waals surface area contributed by atoms with Crippen molar-refractivity contribution in [2.24, 2.45) is 0 Å². The molecule has 0 fully saturated rings. The zero-order valence-corrected chi connectivity index (χ0v) is 14.2. The number of ketones is 1. The maximum absolute atomic E-state index is 12.3. The van der Waals surface area contributed by atoms with Crippen LogP contribution in [-0.2, 0) is 6.42 Å². The summed E-state index contributed by atoms with van der Waals surface area (Å²) in [4.78, 5) is 12.3. The third-order valence-electron chi connectivity index (χ3n) is 4.37. The van der Waals surface area contributed by atoms with Gasteiger partial charge in [0.1, 0.15) is 0 Å². The first kappa shape index (κ1) is 14.5. The molecule has 0 bridgehead atoms. The van der Waals surface area contributed by atoms with E-state index in [1.807, 2.05) is 30.3 Å². The molecule has 0 radical (unpaired) electrons. The van der Waals surface area contributed by atoms with Gasteiger partial charge in [-0.05, 0) is 48.7 Å². The molecule has 1 aliphatic rings. The van der Waals surface area contributed by atoms with Gasteiger partial charge >= 0.3 is 0 Å².